The molecule has 0 unspecified atom stereocenters. The predicted molar refractivity (Wildman–Crippen MR) is 71.7 cm³/mol. The van der Waals surface area contributed by atoms with Gasteiger partial charge in [0.15, 0.2) is 0 Å². The summed E-state index contributed by atoms with van der Waals surface area (Å²) < 4.78 is 13.0. The molecular formula is C13H18ClFN2O. The van der Waals surface area contributed by atoms with E-state index in [2.05, 4.69) is 10.6 Å². The number of carbonyl (C=O) groups excluding carboxylic acids is 1. The van der Waals surface area contributed by atoms with E-state index in [-0.39, 0.29) is 24.1 Å². The maximum absolute atomic E-state index is 13.0. The van der Waals surface area contributed by atoms with Gasteiger partial charge >= 0.3 is 0 Å². The van der Waals surface area contributed by atoms with Crippen molar-refractivity contribution in [2.24, 2.45) is 0 Å². The molecule has 0 radical (unpaired) electrons. The lowest BCUT2D eigenvalue weighted by Crippen LogP contribution is -2.32. The monoisotopic (exact) mass is 272 g/mol. The molecule has 2 rings (SSSR count). The Morgan fingerprint density at radius 1 is 1.39 bits per heavy atom. The Morgan fingerprint density at radius 2 is 2.11 bits per heavy atom. The Bertz CT molecular complexity index is 421. The fraction of sp³-hybridized carbons (Fsp3) is 0.462. The average molecular weight is 273 g/mol. The minimum absolute atomic E-state index is 0. The normalized spacial score (nSPS) is 13.9. The van der Waals surface area contributed by atoms with Crippen molar-refractivity contribution < 1.29 is 9.18 Å². The van der Waals surface area contributed by atoms with Crippen LogP contribution in [-0.4, -0.2) is 25.0 Å². The van der Waals surface area contributed by atoms with Gasteiger partial charge in [-0.25, -0.2) is 4.39 Å². The van der Waals surface area contributed by atoms with Crippen LogP contribution in [0.1, 0.15) is 28.8 Å². The molecule has 2 N–H and O–H groups in total. The van der Waals surface area contributed by atoms with Crippen LogP contribution in [0.3, 0.4) is 0 Å². The van der Waals surface area contributed by atoms with E-state index in [0.29, 0.717) is 23.7 Å². The summed E-state index contributed by atoms with van der Waals surface area (Å²) in [4.78, 5) is 11.7. The van der Waals surface area contributed by atoms with Gasteiger partial charge in [-0.15, -0.1) is 12.4 Å². The second kappa shape index (κ2) is 6.71. The van der Waals surface area contributed by atoms with E-state index in [0.717, 1.165) is 6.54 Å². The highest BCUT2D eigenvalue weighted by Crippen LogP contribution is 2.17. The molecular weight excluding hydrogens is 255 g/mol. The summed E-state index contributed by atoms with van der Waals surface area (Å²) in [5.74, 6) is -0.428. The Hall–Kier alpha value is -1.13. The first kappa shape index (κ1) is 14.9. The number of halogens is 2. The lowest BCUT2D eigenvalue weighted by Gasteiger charge is -2.07. The molecule has 0 aromatic heterocycles. The Balaban J connectivity index is 0.00000162. The number of amides is 1. The third kappa shape index (κ3) is 4.27. The molecule has 5 heteroatoms. The minimum atomic E-state index is -0.281. The van der Waals surface area contributed by atoms with Crippen LogP contribution in [0.4, 0.5) is 4.39 Å². The summed E-state index contributed by atoms with van der Waals surface area (Å²) in [5.41, 5.74) is 1.00. The Morgan fingerprint density at radius 3 is 2.72 bits per heavy atom. The van der Waals surface area contributed by atoms with Crippen molar-refractivity contribution in [1.82, 2.24) is 10.6 Å². The van der Waals surface area contributed by atoms with E-state index in [1.807, 2.05) is 0 Å². The number of benzene rings is 1. The predicted octanol–water partition coefficient (Wildman–Crippen LogP) is 2.04. The summed E-state index contributed by atoms with van der Waals surface area (Å²) in [7, 11) is 0. The Kier molecular flexibility index (Phi) is 5.56. The van der Waals surface area contributed by atoms with Crippen LogP contribution in [0.15, 0.2) is 18.2 Å². The van der Waals surface area contributed by atoms with Crippen molar-refractivity contribution in [3.63, 3.8) is 0 Å². The zero-order chi connectivity index (χ0) is 12.3. The molecule has 1 aromatic carbocycles. The molecule has 1 aliphatic rings. The van der Waals surface area contributed by atoms with Crippen molar-refractivity contribution in [2.75, 3.05) is 13.1 Å². The summed E-state index contributed by atoms with van der Waals surface area (Å²) in [6, 6.07) is 5.05. The zero-order valence-electron chi connectivity index (χ0n) is 10.3. The summed E-state index contributed by atoms with van der Waals surface area (Å²) in [6.07, 6.45) is 2.48. The molecule has 1 saturated carbocycles. The molecule has 1 aliphatic carbocycles. The molecule has 3 nitrogen and oxygen atoms in total. The maximum atomic E-state index is 13.0. The first-order valence-electron chi connectivity index (χ1n) is 5.94. The molecule has 0 saturated heterocycles. The standard InChI is InChI=1S/C13H17FN2O.ClH/c1-9-8-10(2-5-12(9)14)13(17)16-7-6-15-11-3-4-11;/h2,5,8,11,15H,3-4,6-7H2,1H3,(H,16,17);1H. The molecule has 0 aliphatic heterocycles. The molecule has 0 heterocycles. The smallest absolute Gasteiger partial charge is 0.251 e. The number of carbonyl (C=O) groups is 1. The molecule has 1 fully saturated rings. The van der Waals surface area contributed by atoms with Gasteiger partial charge in [-0.3, -0.25) is 4.79 Å². The van der Waals surface area contributed by atoms with Gasteiger partial charge in [-0.2, -0.15) is 0 Å². The quantitative estimate of drug-likeness (QED) is 0.806. The first-order chi connectivity index (χ1) is 8.16. The number of nitrogens with one attached hydrogen (secondary N) is 2. The highest BCUT2D eigenvalue weighted by molar-refractivity contribution is 5.94. The van der Waals surface area contributed by atoms with Crippen LogP contribution >= 0.6 is 12.4 Å². The van der Waals surface area contributed by atoms with E-state index in [4.69, 9.17) is 0 Å². The molecule has 1 aromatic rings. The largest absolute Gasteiger partial charge is 0.351 e. The van der Waals surface area contributed by atoms with Crippen LogP contribution in [0.25, 0.3) is 0 Å². The van der Waals surface area contributed by atoms with E-state index < -0.39 is 0 Å². The number of hydrogen-bond donors (Lipinski definition) is 2. The number of hydrogen-bond acceptors (Lipinski definition) is 2. The average Bonchev–Trinajstić information content (AvgIpc) is 3.12. The molecule has 0 spiro atoms. The zero-order valence-corrected chi connectivity index (χ0v) is 11.1. The minimum Gasteiger partial charge on any atom is -0.351 e. The van der Waals surface area contributed by atoms with Crippen molar-refractivity contribution in [3.05, 3.63) is 35.1 Å². The molecule has 1 amide bonds. The molecule has 0 bridgehead atoms. The van der Waals surface area contributed by atoms with Gasteiger partial charge < -0.3 is 10.6 Å². The van der Waals surface area contributed by atoms with Crippen LogP contribution in [-0.2, 0) is 0 Å². The molecule has 18 heavy (non-hydrogen) atoms. The van der Waals surface area contributed by atoms with E-state index in [9.17, 15) is 9.18 Å². The second-order valence-corrected chi connectivity index (χ2v) is 4.45. The van der Waals surface area contributed by atoms with Gasteiger partial charge in [-0.05, 0) is 43.5 Å². The van der Waals surface area contributed by atoms with Crippen LogP contribution < -0.4 is 10.6 Å². The van der Waals surface area contributed by atoms with E-state index >= 15 is 0 Å². The lowest BCUT2D eigenvalue weighted by molar-refractivity contribution is 0.0953. The fourth-order valence-corrected chi connectivity index (χ4v) is 1.63. The highest BCUT2D eigenvalue weighted by atomic mass is 35.5. The highest BCUT2D eigenvalue weighted by Gasteiger charge is 2.19. The summed E-state index contributed by atoms with van der Waals surface area (Å²) in [5, 5.41) is 6.11. The number of rotatable bonds is 5. The van der Waals surface area contributed by atoms with E-state index in [1.165, 1.54) is 25.0 Å². The van der Waals surface area contributed by atoms with Gasteiger partial charge in [0.2, 0.25) is 0 Å². The van der Waals surface area contributed by atoms with Crippen molar-refractivity contribution in [2.45, 2.75) is 25.8 Å². The van der Waals surface area contributed by atoms with Crippen molar-refractivity contribution in [3.8, 4) is 0 Å². The second-order valence-electron chi connectivity index (χ2n) is 4.45. The van der Waals surface area contributed by atoms with E-state index in [1.54, 1.807) is 13.0 Å². The van der Waals surface area contributed by atoms with Gasteiger partial charge in [0.1, 0.15) is 5.82 Å². The fourth-order valence-electron chi connectivity index (χ4n) is 1.63. The molecule has 0 atom stereocenters. The van der Waals surface area contributed by atoms with Gasteiger partial charge in [0.05, 0.1) is 0 Å². The lowest BCUT2D eigenvalue weighted by atomic mass is 10.1. The van der Waals surface area contributed by atoms with Crippen molar-refractivity contribution >= 4 is 18.3 Å². The van der Waals surface area contributed by atoms with Gasteiger partial charge in [0.25, 0.3) is 5.91 Å². The third-order valence-corrected chi connectivity index (χ3v) is 2.84. The third-order valence-electron chi connectivity index (χ3n) is 2.84. The SMILES string of the molecule is Cc1cc(C(=O)NCCNC2CC2)ccc1F.Cl. The number of aryl methyl sites for hydroxylation is 1. The Labute approximate surface area is 113 Å². The summed E-state index contributed by atoms with van der Waals surface area (Å²) >= 11 is 0. The molecule has 100 valence electrons. The van der Waals surface area contributed by atoms with Gasteiger partial charge in [-0.1, -0.05) is 0 Å². The summed E-state index contributed by atoms with van der Waals surface area (Å²) in [6.45, 7) is 3.04. The first-order valence-corrected chi connectivity index (χ1v) is 5.94. The topological polar surface area (TPSA) is 41.1 Å². The van der Waals surface area contributed by atoms with Crippen LogP contribution in [0.5, 0.6) is 0 Å². The van der Waals surface area contributed by atoms with Crippen LogP contribution in [0.2, 0.25) is 0 Å². The van der Waals surface area contributed by atoms with Gasteiger partial charge in [0, 0.05) is 24.7 Å². The van der Waals surface area contributed by atoms with Crippen LogP contribution in [0, 0.1) is 12.7 Å². The van der Waals surface area contributed by atoms with Crippen molar-refractivity contribution in [1.29, 1.82) is 0 Å². The maximum Gasteiger partial charge on any atom is 0.251 e.